The van der Waals surface area contributed by atoms with Gasteiger partial charge in [-0.1, -0.05) is 6.92 Å². The van der Waals surface area contributed by atoms with E-state index in [4.69, 9.17) is 4.74 Å². The Morgan fingerprint density at radius 1 is 1.36 bits per heavy atom. The number of carbonyl (C=O) groups is 2. The number of ether oxygens (including phenoxy) is 1. The molecule has 1 fully saturated rings. The molecule has 2 rings (SSSR count). The molecule has 0 unspecified atom stereocenters. The van der Waals surface area contributed by atoms with Crippen LogP contribution in [0.2, 0.25) is 0 Å². The van der Waals surface area contributed by atoms with Crippen LogP contribution < -0.4 is 10.2 Å². The zero-order valence-electron chi connectivity index (χ0n) is 14.5. The summed E-state index contributed by atoms with van der Waals surface area (Å²) in [6.45, 7) is 4.89. The van der Waals surface area contributed by atoms with Gasteiger partial charge in [0.05, 0.1) is 10.5 Å². The Kier molecular flexibility index (Phi) is 6.32. The molecule has 25 heavy (non-hydrogen) atoms. The van der Waals surface area contributed by atoms with E-state index in [1.807, 2.05) is 18.7 Å². The van der Waals surface area contributed by atoms with Crippen LogP contribution in [-0.4, -0.2) is 42.5 Å². The summed E-state index contributed by atoms with van der Waals surface area (Å²) in [5.41, 5.74) is 0.444. The first kappa shape index (κ1) is 18.7. The topological polar surface area (TPSA) is 102 Å². The van der Waals surface area contributed by atoms with Gasteiger partial charge in [0.1, 0.15) is 5.69 Å². The molecule has 1 N–H and O–H groups in total. The van der Waals surface area contributed by atoms with E-state index in [-0.39, 0.29) is 17.3 Å². The van der Waals surface area contributed by atoms with Gasteiger partial charge in [-0.05, 0) is 38.3 Å². The first-order valence-electron chi connectivity index (χ1n) is 8.42. The van der Waals surface area contributed by atoms with E-state index in [0.717, 1.165) is 32.4 Å². The van der Waals surface area contributed by atoms with Crippen molar-refractivity contribution in [1.29, 1.82) is 0 Å². The highest BCUT2D eigenvalue weighted by atomic mass is 16.6. The number of benzene rings is 1. The standard InChI is InChI=1S/C17H23N3O5/c1-3-12(2)18-16(21)11-25-17(22)13-6-7-14(15(10-13)20(23)24)19-8-4-5-9-19/h6-7,10,12H,3-5,8-9,11H2,1-2H3,(H,18,21)/t12-/m0/s1. The minimum atomic E-state index is -0.754. The Morgan fingerprint density at radius 2 is 2.04 bits per heavy atom. The molecule has 136 valence electrons. The van der Waals surface area contributed by atoms with Crippen LogP contribution in [0, 0.1) is 10.1 Å². The quantitative estimate of drug-likeness (QED) is 0.460. The van der Waals surface area contributed by atoms with Gasteiger partial charge in [-0.2, -0.15) is 0 Å². The molecule has 0 spiro atoms. The van der Waals surface area contributed by atoms with Gasteiger partial charge in [0, 0.05) is 25.2 Å². The summed E-state index contributed by atoms with van der Waals surface area (Å²) in [4.78, 5) is 36.5. The average Bonchev–Trinajstić information content (AvgIpc) is 3.13. The van der Waals surface area contributed by atoms with Crippen molar-refractivity contribution in [2.75, 3.05) is 24.6 Å². The van der Waals surface area contributed by atoms with Gasteiger partial charge in [-0.15, -0.1) is 0 Å². The minimum Gasteiger partial charge on any atom is -0.452 e. The van der Waals surface area contributed by atoms with E-state index in [1.54, 1.807) is 6.07 Å². The highest BCUT2D eigenvalue weighted by Crippen LogP contribution is 2.31. The lowest BCUT2D eigenvalue weighted by atomic mass is 10.1. The predicted molar refractivity (Wildman–Crippen MR) is 92.7 cm³/mol. The summed E-state index contributed by atoms with van der Waals surface area (Å²) in [5.74, 6) is -1.15. The molecule has 0 aromatic heterocycles. The third-order valence-corrected chi connectivity index (χ3v) is 4.21. The van der Waals surface area contributed by atoms with E-state index in [1.165, 1.54) is 12.1 Å². The Labute approximate surface area is 146 Å². The second-order valence-electron chi connectivity index (χ2n) is 6.11. The summed E-state index contributed by atoms with van der Waals surface area (Å²) in [6, 6.07) is 4.27. The molecule has 1 aliphatic rings. The van der Waals surface area contributed by atoms with Crippen LogP contribution in [0.25, 0.3) is 0 Å². The first-order valence-corrected chi connectivity index (χ1v) is 8.42. The van der Waals surface area contributed by atoms with Gasteiger partial charge in [-0.3, -0.25) is 14.9 Å². The van der Waals surface area contributed by atoms with Crippen molar-refractivity contribution < 1.29 is 19.2 Å². The number of hydrogen-bond donors (Lipinski definition) is 1. The fraction of sp³-hybridized carbons (Fsp3) is 0.529. The molecule has 0 aliphatic carbocycles. The molecule has 1 saturated heterocycles. The van der Waals surface area contributed by atoms with E-state index in [0.29, 0.717) is 5.69 Å². The number of carbonyl (C=O) groups excluding carboxylic acids is 2. The predicted octanol–water partition coefficient (Wildman–Crippen LogP) is 2.27. The molecule has 0 saturated carbocycles. The third kappa shape index (κ3) is 4.91. The van der Waals surface area contributed by atoms with Crippen LogP contribution in [0.4, 0.5) is 11.4 Å². The molecule has 1 aromatic rings. The third-order valence-electron chi connectivity index (χ3n) is 4.21. The van der Waals surface area contributed by atoms with Crippen LogP contribution in [0.5, 0.6) is 0 Å². The summed E-state index contributed by atoms with van der Waals surface area (Å²) in [7, 11) is 0. The number of nitrogens with one attached hydrogen (secondary N) is 1. The largest absolute Gasteiger partial charge is 0.452 e. The van der Waals surface area contributed by atoms with Crippen molar-refractivity contribution >= 4 is 23.3 Å². The summed E-state index contributed by atoms with van der Waals surface area (Å²) < 4.78 is 4.95. The molecular weight excluding hydrogens is 326 g/mol. The van der Waals surface area contributed by atoms with Crippen molar-refractivity contribution in [3.05, 3.63) is 33.9 Å². The van der Waals surface area contributed by atoms with Gasteiger partial charge in [-0.25, -0.2) is 4.79 Å². The number of nitrogens with zero attached hydrogens (tertiary/aromatic N) is 2. The normalized spacial score (nSPS) is 14.9. The second kappa shape index (κ2) is 8.46. The van der Waals surface area contributed by atoms with E-state index in [2.05, 4.69) is 5.32 Å². The Balaban J connectivity index is 2.06. The molecule has 8 nitrogen and oxygen atoms in total. The fourth-order valence-electron chi connectivity index (χ4n) is 2.66. The summed E-state index contributed by atoms with van der Waals surface area (Å²) in [5, 5.41) is 14.0. The van der Waals surface area contributed by atoms with Crippen LogP contribution >= 0.6 is 0 Å². The van der Waals surface area contributed by atoms with Gasteiger partial charge in [0.25, 0.3) is 11.6 Å². The first-order chi connectivity index (χ1) is 11.9. The number of nitro benzene ring substituents is 1. The Morgan fingerprint density at radius 3 is 2.64 bits per heavy atom. The smallest absolute Gasteiger partial charge is 0.338 e. The van der Waals surface area contributed by atoms with Crippen molar-refractivity contribution in [3.8, 4) is 0 Å². The lowest BCUT2D eigenvalue weighted by Crippen LogP contribution is -2.35. The summed E-state index contributed by atoms with van der Waals surface area (Å²) in [6.07, 6.45) is 2.75. The fourth-order valence-corrected chi connectivity index (χ4v) is 2.66. The number of amides is 1. The van der Waals surface area contributed by atoms with Gasteiger partial charge in [0.15, 0.2) is 6.61 Å². The number of rotatable bonds is 7. The zero-order chi connectivity index (χ0) is 18.4. The van der Waals surface area contributed by atoms with E-state index in [9.17, 15) is 19.7 Å². The SMILES string of the molecule is CC[C@H](C)NC(=O)COC(=O)c1ccc(N2CCCC2)c([N+](=O)[O-])c1. The molecule has 1 aliphatic heterocycles. The van der Waals surface area contributed by atoms with Crippen molar-refractivity contribution in [1.82, 2.24) is 5.32 Å². The molecule has 0 bridgehead atoms. The Hall–Kier alpha value is -2.64. The number of esters is 1. The maximum Gasteiger partial charge on any atom is 0.338 e. The number of nitro groups is 1. The van der Waals surface area contributed by atoms with E-state index < -0.39 is 23.4 Å². The van der Waals surface area contributed by atoms with Gasteiger partial charge < -0.3 is 15.0 Å². The Bertz CT molecular complexity index is 656. The van der Waals surface area contributed by atoms with Crippen LogP contribution in [-0.2, 0) is 9.53 Å². The molecule has 1 aromatic carbocycles. The monoisotopic (exact) mass is 349 g/mol. The molecular formula is C17H23N3O5. The minimum absolute atomic E-state index is 0.00738. The van der Waals surface area contributed by atoms with Crippen molar-refractivity contribution in [3.63, 3.8) is 0 Å². The van der Waals surface area contributed by atoms with Gasteiger partial charge >= 0.3 is 5.97 Å². The van der Waals surface area contributed by atoms with Crippen LogP contribution in [0.15, 0.2) is 18.2 Å². The molecule has 1 amide bonds. The van der Waals surface area contributed by atoms with Gasteiger partial charge in [0.2, 0.25) is 0 Å². The van der Waals surface area contributed by atoms with Crippen molar-refractivity contribution in [2.24, 2.45) is 0 Å². The van der Waals surface area contributed by atoms with E-state index >= 15 is 0 Å². The number of anilines is 1. The zero-order valence-corrected chi connectivity index (χ0v) is 14.5. The summed E-state index contributed by atoms with van der Waals surface area (Å²) >= 11 is 0. The lowest BCUT2D eigenvalue weighted by molar-refractivity contribution is -0.384. The van der Waals surface area contributed by atoms with Crippen molar-refractivity contribution in [2.45, 2.75) is 39.2 Å². The second-order valence-corrected chi connectivity index (χ2v) is 6.11. The molecule has 8 heteroatoms. The average molecular weight is 349 g/mol. The maximum absolute atomic E-state index is 12.1. The molecule has 1 atom stereocenters. The highest BCUT2D eigenvalue weighted by molar-refractivity contribution is 5.93. The lowest BCUT2D eigenvalue weighted by Gasteiger charge is -2.17. The molecule has 1 heterocycles. The molecule has 0 radical (unpaired) electrons. The van der Waals surface area contributed by atoms with Crippen LogP contribution in [0.1, 0.15) is 43.5 Å². The highest BCUT2D eigenvalue weighted by Gasteiger charge is 2.24. The number of hydrogen-bond acceptors (Lipinski definition) is 6. The van der Waals surface area contributed by atoms with Crippen LogP contribution in [0.3, 0.4) is 0 Å². The maximum atomic E-state index is 12.1.